The number of thioether (sulfide) groups is 1. The van der Waals surface area contributed by atoms with Crippen molar-refractivity contribution in [3.05, 3.63) is 65.7 Å². The maximum absolute atomic E-state index is 12.6. The molecule has 0 atom stereocenters. The second kappa shape index (κ2) is 9.79. The summed E-state index contributed by atoms with van der Waals surface area (Å²) < 4.78 is 10.7. The number of para-hydroxylation sites is 3. The van der Waals surface area contributed by atoms with Gasteiger partial charge in [0.2, 0.25) is 11.8 Å². The van der Waals surface area contributed by atoms with Crippen molar-refractivity contribution in [1.29, 1.82) is 0 Å². The van der Waals surface area contributed by atoms with Crippen LogP contribution in [-0.2, 0) is 19.1 Å². The van der Waals surface area contributed by atoms with Crippen molar-refractivity contribution in [2.24, 2.45) is 0 Å². The lowest BCUT2D eigenvalue weighted by Gasteiger charge is -2.17. The average Bonchev–Trinajstić information content (AvgIpc) is 3.04. The highest BCUT2D eigenvalue weighted by Crippen LogP contribution is 2.31. The summed E-state index contributed by atoms with van der Waals surface area (Å²) in [6.45, 7) is 1.72. The third kappa shape index (κ3) is 5.61. The van der Waals surface area contributed by atoms with E-state index in [2.05, 4.69) is 5.32 Å². The van der Waals surface area contributed by atoms with Crippen molar-refractivity contribution in [1.82, 2.24) is 4.90 Å². The van der Waals surface area contributed by atoms with Crippen LogP contribution in [0.2, 0.25) is 0 Å². The molecule has 2 aromatic rings. The van der Waals surface area contributed by atoms with Crippen LogP contribution in [0.25, 0.3) is 0 Å². The van der Waals surface area contributed by atoms with Crippen LogP contribution in [-0.4, -0.2) is 41.6 Å². The molecule has 0 aliphatic carbocycles. The summed E-state index contributed by atoms with van der Waals surface area (Å²) in [5.41, 5.74) is 0.483. The highest BCUT2D eigenvalue weighted by Gasteiger charge is 2.29. The number of nitrogens with one attached hydrogen (secondary N) is 1. The zero-order chi connectivity index (χ0) is 20.6. The number of nitrogens with zero attached hydrogens (tertiary/aromatic N) is 1. The van der Waals surface area contributed by atoms with E-state index in [0.717, 1.165) is 0 Å². The third-order valence-electron chi connectivity index (χ3n) is 3.87. The minimum absolute atomic E-state index is 0.173. The summed E-state index contributed by atoms with van der Waals surface area (Å²) in [4.78, 5) is 37.6. The largest absolute Gasteiger partial charge is 0.463 e. The monoisotopic (exact) mass is 412 g/mol. The number of carbonyl (C=O) groups excluding carboxylic acids is 3. The molecule has 1 heterocycles. The quantitative estimate of drug-likeness (QED) is 0.554. The number of amides is 2. The van der Waals surface area contributed by atoms with Gasteiger partial charge in [0.25, 0.3) is 0 Å². The Balaban J connectivity index is 1.69. The van der Waals surface area contributed by atoms with Crippen molar-refractivity contribution < 1.29 is 23.9 Å². The molecule has 2 aromatic carbocycles. The van der Waals surface area contributed by atoms with Crippen molar-refractivity contribution in [2.45, 2.75) is 6.92 Å². The van der Waals surface area contributed by atoms with E-state index >= 15 is 0 Å². The van der Waals surface area contributed by atoms with Gasteiger partial charge in [-0.2, -0.15) is 0 Å². The molecule has 2 amide bonds. The van der Waals surface area contributed by atoms with E-state index in [9.17, 15) is 14.4 Å². The fourth-order valence-electron chi connectivity index (χ4n) is 2.59. The molecule has 1 aliphatic rings. The van der Waals surface area contributed by atoms with E-state index in [-0.39, 0.29) is 24.8 Å². The van der Waals surface area contributed by atoms with E-state index in [4.69, 9.17) is 9.47 Å². The van der Waals surface area contributed by atoms with E-state index in [1.807, 2.05) is 30.3 Å². The summed E-state index contributed by atoms with van der Waals surface area (Å²) in [7, 11) is 0. The SMILES string of the molecule is CCOC(=O)C=C1SCC(=O)N1CC(=O)Nc1ccccc1Oc1ccccc1. The van der Waals surface area contributed by atoms with Crippen molar-refractivity contribution >= 4 is 35.2 Å². The lowest BCUT2D eigenvalue weighted by Crippen LogP contribution is -2.34. The predicted molar refractivity (Wildman–Crippen MR) is 110 cm³/mol. The van der Waals surface area contributed by atoms with Crippen LogP contribution >= 0.6 is 11.8 Å². The van der Waals surface area contributed by atoms with Gasteiger partial charge in [-0.15, -0.1) is 0 Å². The molecule has 0 spiro atoms. The molecule has 1 saturated heterocycles. The van der Waals surface area contributed by atoms with Gasteiger partial charge in [0, 0.05) is 0 Å². The Labute approximate surface area is 172 Å². The standard InChI is InChI=1S/C21H20N2O5S/c1-2-27-21(26)12-20-23(19(25)14-29-20)13-18(24)22-16-10-6-7-11-17(16)28-15-8-4-3-5-9-15/h3-12H,2,13-14H2,1H3,(H,22,24). The Morgan fingerprint density at radius 2 is 1.86 bits per heavy atom. The highest BCUT2D eigenvalue weighted by molar-refractivity contribution is 8.04. The summed E-state index contributed by atoms with van der Waals surface area (Å²) >= 11 is 1.20. The molecule has 0 radical (unpaired) electrons. The van der Waals surface area contributed by atoms with Crippen LogP contribution in [0.1, 0.15) is 6.92 Å². The molecule has 150 valence electrons. The fraction of sp³-hybridized carbons (Fsp3) is 0.190. The van der Waals surface area contributed by atoms with Crippen LogP contribution in [0.5, 0.6) is 11.5 Å². The Hall–Kier alpha value is -3.26. The number of hydrogen-bond acceptors (Lipinski definition) is 6. The van der Waals surface area contributed by atoms with Gasteiger partial charge in [-0.25, -0.2) is 4.79 Å². The molecular formula is C21H20N2O5S. The van der Waals surface area contributed by atoms with Gasteiger partial charge in [0.05, 0.1) is 29.2 Å². The Bertz CT molecular complexity index is 930. The van der Waals surface area contributed by atoms with E-state index < -0.39 is 11.9 Å². The molecule has 0 aromatic heterocycles. The Morgan fingerprint density at radius 1 is 1.14 bits per heavy atom. The summed E-state index contributed by atoms with van der Waals surface area (Å²) in [5, 5.41) is 3.17. The van der Waals surface area contributed by atoms with Crippen LogP contribution in [0.3, 0.4) is 0 Å². The van der Waals surface area contributed by atoms with Crippen LogP contribution in [0.4, 0.5) is 5.69 Å². The molecule has 1 aliphatic heterocycles. The molecule has 29 heavy (non-hydrogen) atoms. The summed E-state index contributed by atoms with van der Waals surface area (Å²) in [6, 6.07) is 16.2. The summed E-state index contributed by atoms with van der Waals surface area (Å²) in [5.74, 6) is 0.106. The lowest BCUT2D eigenvalue weighted by molar-refractivity contribution is -0.137. The molecular weight excluding hydrogens is 392 g/mol. The van der Waals surface area contributed by atoms with Gasteiger partial charge < -0.3 is 14.8 Å². The molecule has 0 saturated carbocycles. The number of esters is 1. The number of rotatable bonds is 7. The minimum Gasteiger partial charge on any atom is -0.463 e. The van der Waals surface area contributed by atoms with Gasteiger partial charge in [0.15, 0.2) is 5.75 Å². The van der Waals surface area contributed by atoms with Gasteiger partial charge in [-0.05, 0) is 31.2 Å². The van der Waals surface area contributed by atoms with Crippen molar-refractivity contribution in [2.75, 3.05) is 24.2 Å². The normalized spacial score (nSPS) is 14.7. The Kier molecular flexibility index (Phi) is 6.91. The number of anilines is 1. The minimum atomic E-state index is -0.545. The van der Waals surface area contributed by atoms with Crippen LogP contribution in [0, 0.1) is 0 Å². The van der Waals surface area contributed by atoms with E-state index in [0.29, 0.717) is 22.2 Å². The molecule has 7 nitrogen and oxygen atoms in total. The van der Waals surface area contributed by atoms with E-state index in [1.165, 1.54) is 22.7 Å². The first-order valence-corrected chi connectivity index (χ1v) is 9.98. The zero-order valence-electron chi connectivity index (χ0n) is 15.8. The number of carbonyl (C=O) groups is 3. The first-order chi connectivity index (χ1) is 14.1. The number of hydrogen-bond donors (Lipinski definition) is 1. The lowest BCUT2D eigenvalue weighted by atomic mass is 10.2. The second-order valence-electron chi connectivity index (χ2n) is 5.96. The molecule has 1 N–H and O–H groups in total. The summed E-state index contributed by atoms with van der Waals surface area (Å²) in [6.07, 6.45) is 1.23. The van der Waals surface area contributed by atoms with Gasteiger partial charge in [0.1, 0.15) is 12.3 Å². The highest BCUT2D eigenvalue weighted by atomic mass is 32.2. The first kappa shape index (κ1) is 20.5. The van der Waals surface area contributed by atoms with E-state index in [1.54, 1.807) is 31.2 Å². The van der Waals surface area contributed by atoms with Gasteiger partial charge in [-0.1, -0.05) is 42.1 Å². The van der Waals surface area contributed by atoms with Gasteiger partial charge in [-0.3, -0.25) is 14.5 Å². The number of benzene rings is 2. The molecule has 1 fully saturated rings. The third-order valence-corrected chi connectivity index (χ3v) is 4.90. The molecule has 3 rings (SSSR count). The van der Waals surface area contributed by atoms with Crippen molar-refractivity contribution in [3.63, 3.8) is 0 Å². The average molecular weight is 412 g/mol. The molecule has 0 unspecified atom stereocenters. The first-order valence-electron chi connectivity index (χ1n) is 9.00. The maximum atomic E-state index is 12.6. The maximum Gasteiger partial charge on any atom is 0.333 e. The van der Waals surface area contributed by atoms with Gasteiger partial charge >= 0.3 is 5.97 Å². The topological polar surface area (TPSA) is 84.9 Å². The van der Waals surface area contributed by atoms with Crippen LogP contribution in [0.15, 0.2) is 65.7 Å². The predicted octanol–water partition coefficient (Wildman–Crippen LogP) is 3.40. The Morgan fingerprint density at radius 3 is 2.62 bits per heavy atom. The fourth-order valence-corrected chi connectivity index (χ4v) is 3.52. The van der Waals surface area contributed by atoms with Crippen molar-refractivity contribution in [3.8, 4) is 11.5 Å². The number of ether oxygens (including phenoxy) is 2. The molecule has 0 bridgehead atoms. The van der Waals surface area contributed by atoms with Crippen LogP contribution < -0.4 is 10.1 Å². The smallest absolute Gasteiger partial charge is 0.333 e. The molecule has 8 heteroatoms. The zero-order valence-corrected chi connectivity index (χ0v) is 16.6. The second-order valence-corrected chi connectivity index (χ2v) is 6.96.